The number of benzene rings is 1. The Bertz CT molecular complexity index is 617. The smallest absolute Gasteiger partial charge is 0.410 e. The van der Waals surface area contributed by atoms with Crippen LogP contribution in [0.1, 0.15) is 63.3 Å². The van der Waals surface area contributed by atoms with Crippen LogP contribution in [0, 0.1) is 6.92 Å². The lowest BCUT2D eigenvalue weighted by Crippen LogP contribution is -2.38. The van der Waals surface area contributed by atoms with E-state index in [-0.39, 0.29) is 6.09 Å². The van der Waals surface area contributed by atoms with Crippen LogP contribution in [0.25, 0.3) is 0 Å². The number of carbonyl (C=O) groups excluding carboxylic acids is 1. The van der Waals surface area contributed by atoms with E-state index in [1.54, 1.807) is 0 Å². The molecule has 0 aromatic heterocycles. The van der Waals surface area contributed by atoms with Crippen LogP contribution in [-0.4, -0.2) is 36.2 Å². The quantitative estimate of drug-likeness (QED) is 0.739. The first-order chi connectivity index (χ1) is 11.8. The molecular weight excluding hydrogens is 312 g/mol. The minimum Gasteiger partial charge on any atom is -0.444 e. The van der Waals surface area contributed by atoms with Gasteiger partial charge in [0, 0.05) is 25.3 Å². The summed E-state index contributed by atoms with van der Waals surface area (Å²) in [6.07, 6.45) is 4.00. The van der Waals surface area contributed by atoms with Gasteiger partial charge in [0.25, 0.3) is 0 Å². The number of hydrogen-bond acceptors (Lipinski definition) is 3. The first-order valence-corrected chi connectivity index (χ1v) is 9.71. The average Bonchev–Trinajstić information content (AvgIpc) is 2.78. The van der Waals surface area contributed by atoms with Crippen molar-refractivity contribution in [3.05, 3.63) is 28.3 Å². The number of aryl methyl sites for hydroxylation is 1. The molecule has 1 aromatic rings. The van der Waals surface area contributed by atoms with Gasteiger partial charge in [-0.3, -0.25) is 0 Å². The lowest BCUT2D eigenvalue weighted by atomic mass is 9.90. The summed E-state index contributed by atoms with van der Waals surface area (Å²) < 4.78 is 5.54. The van der Waals surface area contributed by atoms with Crippen molar-refractivity contribution in [2.24, 2.45) is 0 Å². The summed E-state index contributed by atoms with van der Waals surface area (Å²) >= 11 is 0. The van der Waals surface area contributed by atoms with Gasteiger partial charge in [-0.15, -0.1) is 0 Å². The highest BCUT2D eigenvalue weighted by Crippen LogP contribution is 2.33. The molecule has 3 rings (SSSR count). The Morgan fingerprint density at radius 1 is 1.12 bits per heavy atom. The molecule has 0 radical (unpaired) electrons. The number of carbonyl (C=O) groups is 1. The largest absolute Gasteiger partial charge is 0.444 e. The summed E-state index contributed by atoms with van der Waals surface area (Å²) in [5, 5.41) is 3.56. The summed E-state index contributed by atoms with van der Waals surface area (Å²) in [5.41, 5.74) is 6.55. The highest BCUT2D eigenvalue weighted by Gasteiger charge is 2.26. The molecule has 0 unspecified atom stereocenters. The first-order valence-electron chi connectivity index (χ1n) is 9.71. The second-order valence-electron chi connectivity index (χ2n) is 7.67. The Morgan fingerprint density at radius 2 is 1.80 bits per heavy atom. The molecular formula is C21H34N2O2. The van der Waals surface area contributed by atoms with Crippen LogP contribution in [0.4, 0.5) is 10.5 Å². The van der Waals surface area contributed by atoms with Crippen LogP contribution >= 0.6 is 0 Å². The van der Waals surface area contributed by atoms with Crippen LogP contribution < -0.4 is 5.32 Å². The molecule has 2 aliphatic heterocycles. The Kier molecular flexibility index (Phi) is 6.36. The van der Waals surface area contributed by atoms with Gasteiger partial charge in [0.1, 0.15) is 5.60 Å². The van der Waals surface area contributed by atoms with E-state index in [0.717, 1.165) is 38.9 Å². The minimum absolute atomic E-state index is 0.189. The van der Waals surface area contributed by atoms with Gasteiger partial charge in [-0.05, 0) is 75.6 Å². The van der Waals surface area contributed by atoms with Crippen molar-refractivity contribution >= 4 is 11.8 Å². The van der Waals surface area contributed by atoms with Gasteiger partial charge >= 0.3 is 6.09 Å². The zero-order valence-corrected chi connectivity index (χ0v) is 16.8. The topological polar surface area (TPSA) is 41.6 Å². The molecule has 0 spiro atoms. The van der Waals surface area contributed by atoms with Gasteiger partial charge < -0.3 is 15.0 Å². The number of fused-ring (bicyclic) bond motifs is 2. The van der Waals surface area contributed by atoms with Crippen molar-refractivity contribution in [2.75, 3.05) is 25.0 Å². The molecule has 0 saturated carbocycles. The molecule has 0 saturated heterocycles. The molecule has 4 nitrogen and oxygen atoms in total. The third-order valence-electron chi connectivity index (χ3n) is 4.74. The van der Waals surface area contributed by atoms with Crippen LogP contribution in [0.15, 0.2) is 6.07 Å². The normalized spacial score (nSPS) is 16.5. The van der Waals surface area contributed by atoms with Crippen molar-refractivity contribution in [3.8, 4) is 0 Å². The fraction of sp³-hybridized carbons (Fsp3) is 0.667. The Hall–Kier alpha value is -1.71. The number of rotatable bonds is 0. The number of amides is 1. The SMILES string of the molecule is CC.Cc1c2c(cc3c1NCCC3)CCN(C(=O)OC(C)(C)C)CC2. The van der Waals surface area contributed by atoms with Gasteiger partial charge in [-0.25, -0.2) is 4.79 Å². The molecule has 2 aliphatic rings. The fourth-order valence-corrected chi connectivity index (χ4v) is 3.63. The van der Waals surface area contributed by atoms with Gasteiger partial charge in [-0.1, -0.05) is 19.9 Å². The maximum Gasteiger partial charge on any atom is 0.410 e. The predicted molar refractivity (Wildman–Crippen MR) is 105 cm³/mol. The molecule has 140 valence electrons. The Labute approximate surface area is 152 Å². The maximum atomic E-state index is 12.4. The second kappa shape index (κ2) is 8.11. The second-order valence-corrected chi connectivity index (χ2v) is 7.67. The summed E-state index contributed by atoms with van der Waals surface area (Å²) in [7, 11) is 0. The molecule has 1 N–H and O–H groups in total. The van der Waals surface area contributed by atoms with Crippen molar-refractivity contribution in [2.45, 2.75) is 72.8 Å². The molecule has 0 bridgehead atoms. The zero-order chi connectivity index (χ0) is 18.6. The third kappa shape index (κ3) is 4.68. The molecule has 4 heteroatoms. The van der Waals surface area contributed by atoms with Gasteiger partial charge in [0.15, 0.2) is 0 Å². The van der Waals surface area contributed by atoms with Gasteiger partial charge in [-0.2, -0.15) is 0 Å². The van der Waals surface area contributed by atoms with Crippen LogP contribution in [0.3, 0.4) is 0 Å². The van der Waals surface area contributed by atoms with E-state index < -0.39 is 5.60 Å². The number of nitrogens with zero attached hydrogens (tertiary/aromatic N) is 1. The van der Waals surface area contributed by atoms with E-state index in [0.29, 0.717) is 0 Å². The number of anilines is 1. The number of nitrogens with one attached hydrogen (secondary N) is 1. The molecule has 1 aromatic carbocycles. The number of hydrogen-bond donors (Lipinski definition) is 1. The molecule has 25 heavy (non-hydrogen) atoms. The standard InChI is InChI=1S/C19H28N2O2.C2H6/c1-13-16-8-11-21(18(22)23-19(2,3)4)10-7-14(16)12-15-6-5-9-20-17(13)15;1-2/h12,20H,5-11H2,1-4H3;1-2H3. The van der Waals surface area contributed by atoms with Crippen LogP contribution in [-0.2, 0) is 24.0 Å². The van der Waals surface area contributed by atoms with Crippen molar-refractivity contribution in [1.82, 2.24) is 4.90 Å². The summed E-state index contributed by atoms with van der Waals surface area (Å²) in [4.78, 5) is 14.2. The molecule has 0 fully saturated rings. The van der Waals surface area contributed by atoms with Gasteiger partial charge in [0.2, 0.25) is 0 Å². The molecule has 0 atom stereocenters. The van der Waals surface area contributed by atoms with Crippen molar-refractivity contribution < 1.29 is 9.53 Å². The van der Waals surface area contributed by atoms with E-state index in [4.69, 9.17) is 4.74 Å². The maximum absolute atomic E-state index is 12.4. The molecule has 2 heterocycles. The minimum atomic E-state index is -0.435. The van der Waals surface area contributed by atoms with Crippen LogP contribution in [0.2, 0.25) is 0 Å². The third-order valence-corrected chi connectivity index (χ3v) is 4.74. The summed E-state index contributed by atoms with van der Waals surface area (Å²) in [6.45, 7) is 14.5. The van der Waals surface area contributed by atoms with Gasteiger partial charge in [0.05, 0.1) is 0 Å². The fourth-order valence-electron chi connectivity index (χ4n) is 3.63. The number of ether oxygens (including phenoxy) is 1. The average molecular weight is 347 g/mol. The highest BCUT2D eigenvalue weighted by molar-refractivity contribution is 5.69. The van der Waals surface area contributed by atoms with Crippen molar-refractivity contribution in [1.29, 1.82) is 0 Å². The monoisotopic (exact) mass is 346 g/mol. The first kappa shape index (κ1) is 19.6. The summed E-state index contributed by atoms with van der Waals surface area (Å²) in [6, 6.07) is 2.36. The van der Waals surface area contributed by atoms with E-state index in [2.05, 4.69) is 18.3 Å². The van der Waals surface area contributed by atoms with E-state index in [1.807, 2.05) is 39.5 Å². The Morgan fingerprint density at radius 3 is 2.48 bits per heavy atom. The summed E-state index contributed by atoms with van der Waals surface area (Å²) in [5.74, 6) is 0. The molecule has 1 amide bonds. The Balaban J connectivity index is 0.00000109. The molecule has 0 aliphatic carbocycles. The predicted octanol–water partition coefficient (Wildman–Crippen LogP) is 4.72. The highest BCUT2D eigenvalue weighted by atomic mass is 16.6. The van der Waals surface area contributed by atoms with E-state index >= 15 is 0 Å². The lowest BCUT2D eigenvalue weighted by Gasteiger charge is -2.26. The van der Waals surface area contributed by atoms with E-state index in [1.165, 1.54) is 34.4 Å². The van der Waals surface area contributed by atoms with Crippen molar-refractivity contribution in [3.63, 3.8) is 0 Å². The lowest BCUT2D eigenvalue weighted by molar-refractivity contribution is 0.0258. The van der Waals surface area contributed by atoms with Crippen LogP contribution in [0.5, 0.6) is 0 Å². The van der Waals surface area contributed by atoms with E-state index in [9.17, 15) is 4.79 Å². The zero-order valence-electron chi connectivity index (χ0n) is 16.8.